The molecule has 0 atom stereocenters. The summed E-state index contributed by atoms with van der Waals surface area (Å²) in [6.07, 6.45) is 3.89. The van der Waals surface area contributed by atoms with E-state index >= 15 is 0 Å². The first-order chi connectivity index (χ1) is 6.33. The van der Waals surface area contributed by atoms with Crippen LogP contribution in [0.5, 0.6) is 0 Å². The number of hydrogen-bond acceptors (Lipinski definition) is 3. The molecule has 13 heavy (non-hydrogen) atoms. The molecule has 0 radical (unpaired) electrons. The molecule has 0 saturated carbocycles. The number of aryl methyl sites for hydroxylation is 1. The molecule has 1 N–H and O–H groups in total. The van der Waals surface area contributed by atoms with Crippen molar-refractivity contribution in [2.45, 2.75) is 19.5 Å². The first-order valence-electron chi connectivity index (χ1n) is 4.77. The van der Waals surface area contributed by atoms with Gasteiger partial charge in [-0.05, 0) is 6.92 Å². The molecule has 0 unspecified atom stereocenters. The molecule has 72 valence electrons. The van der Waals surface area contributed by atoms with E-state index in [1.54, 1.807) is 0 Å². The third kappa shape index (κ3) is 1.42. The number of aromatic nitrogens is 2. The summed E-state index contributed by atoms with van der Waals surface area (Å²) in [5, 5.41) is 3.26. The predicted molar refractivity (Wildman–Crippen MR) is 53.0 cm³/mol. The van der Waals surface area contributed by atoms with Crippen molar-refractivity contribution in [1.29, 1.82) is 0 Å². The summed E-state index contributed by atoms with van der Waals surface area (Å²) in [7, 11) is 2.11. The van der Waals surface area contributed by atoms with Gasteiger partial charge < -0.3 is 14.8 Å². The van der Waals surface area contributed by atoms with Crippen molar-refractivity contribution in [3.05, 3.63) is 12.4 Å². The van der Waals surface area contributed by atoms with Crippen molar-refractivity contribution in [3.63, 3.8) is 0 Å². The molecule has 1 aromatic heterocycles. The lowest BCUT2D eigenvalue weighted by Gasteiger charge is -2.36. The number of anilines is 1. The Morgan fingerprint density at radius 3 is 3.00 bits per heavy atom. The quantitative estimate of drug-likeness (QED) is 0.727. The van der Waals surface area contributed by atoms with Crippen LogP contribution in [-0.4, -0.2) is 35.7 Å². The Bertz CT molecular complexity index is 277. The van der Waals surface area contributed by atoms with E-state index in [9.17, 15) is 0 Å². The highest BCUT2D eigenvalue weighted by molar-refractivity contribution is 5.33. The largest absolute Gasteiger partial charge is 0.340 e. The second-order valence-corrected chi connectivity index (χ2v) is 3.44. The maximum Gasteiger partial charge on any atom is 0.205 e. The van der Waals surface area contributed by atoms with Crippen molar-refractivity contribution in [2.75, 3.05) is 25.0 Å². The monoisotopic (exact) mass is 180 g/mol. The normalized spacial score (nSPS) is 17.1. The van der Waals surface area contributed by atoms with Gasteiger partial charge in [-0.1, -0.05) is 0 Å². The molecule has 2 heterocycles. The molecule has 0 bridgehead atoms. The smallest absolute Gasteiger partial charge is 0.205 e. The molecular formula is C9H16N4. The molecule has 1 aliphatic rings. The fourth-order valence-electron chi connectivity index (χ4n) is 1.57. The standard InChI is InChI=1S/C9H16N4/c1-3-13-5-4-11-9(13)12(2)8-6-10-7-8/h4-5,8,10H,3,6-7H2,1-2H3. The fourth-order valence-corrected chi connectivity index (χ4v) is 1.57. The van der Waals surface area contributed by atoms with Gasteiger partial charge in [-0.15, -0.1) is 0 Å². The van der Waals surface area contributed by atoms with Crippen LogP contribution < -0.4 is 10.2 Å². The van der Waals surface area contributed by atoms with Crippen molar-refractivity contribution >= 4 is 5.95 Å². The zero-order chi connectivity index (χ0) is 9.26. The Morgan fingerprint density at radius 1 is 1.69 bits per heavy atom. The summed E-state index contributed by atoms with van der Waals surface area (Å²) in [6.45, 7) is 5.28. The second kappa shape index (κ2) is 3.38. The first kappa shape index (κ1) is 8.56. The van der Waals surface area contributed by atoms with Gasteiger partial charge in [-0.2, -0.15) is 0 Å². The lowest BCUT2D eigenvalue weighted by molar-refractivity contribution is 0.421. The van der Waals surface area contributed by atoms with Gasteiger partial charge >= 0.3 is 0 Å². The molecule has 1 fully saturated rings. The number of likely N-dealkylation sites (N-methyl/N-ethyl adjacent to an activating group) is 1. The summed E-state index contributed by atoms with van der Waals surface area (Å²) >= 11 is 0. The number of imidazole rings is 1. The molecule has 0 aromatic carbocycles. The molecule has 4 heteroatoms. The van der Waals surface area contributed by atoms with Crippen LogP contribution in [0.15, 0.2) is 12.4 Å². The van der Waals surface area contributed by atoms with E-state index in [2.05, 4.69) is 33.7 Å². The van der Waals surface area contributed by atoms with E-state index in [1.165, 1.54) is 0 Å². The van der Waals surface area contributed by atoms with Gasteiger partial charge in [0.15, 0.2) is 0 Å². The highest BCUT2D eigenvalue weighted by Crippen LogP contribution is 2.14. The summed E-state index contributed by atoms with van der Waals surface area (Å²) in [5.74, 6) is 1.08. The topological polar surface area (TPSA) is 33.1 Å². The van der Waals surface area contributed by atoms with Gasteiger partial charge in [-0.25, -0.2) is 4.98 Å². The first-order valence-corrected chi connectivity index (χ1v) is 4.77. The lowest BCUT2D eigenvalue weighted by atomic mass is 10.1. The summed E-state index contributed by atoms with van der Waals surface area (Å²) < 4.78 is 2.16. The molecule has 1 saturated heterocycles. The predicted octanol–water partition coefficient (Wildman–Crippen LogP) is 0.311. The van der Waals surface area contributed by atoms with Gasteiger partial charge in [0.2, 0.25) is 5.95 Å². The zero-order valence-corrected chi connectivity index (χ0v) is 8.20. The zero-order valence-electron chi connectivity index (χ0n) is 8.20. The summed E-state index contributed by atoms with van der Waals surface area (Å²) in [5.41, 5.74) is 0. The van der Waals surface area contributed by atoms with Crippen LogP contribution in [-0.2, 0) is 6.54 Å². The minimum atomic E-state index is 0.618. The Labute approximate surface area is 78.6 Å². The van der Waals surface area contributed by atoms with Crippen molar-refractivity contribution in [2.24, 2.45) is 0 Å². The second-order valence-electron chi connectivity index (χ2n) is 3.44. The van der Waals surface area contributed by atoms with E-state index < -0.39 is 0 Å². The third-order valence-corrected chi connectivity index (χ3v) is 2.66. The van der Waals surface area contributed by atoms with Crippen LogP contribution in [0.1, 0.15) is 6.92 Å². The van der Waals surface area contributed by atoms with Crippen LogP contribution in [0, 0.1) is 0 Å². The molecule has 2 rings (SSSR count). The molecule has 0 amide bonds. The average Bonchev–Trinajstić information content (AvgIpc) is 2.47. The van der Waals surface area contributed by atoms with Crippen molar-refractivity contribution in [1.82, 2.24) is 14.9 Å². The number of rotatable bonds is 3. The Morgan fingerprint density at radius 2 is 2.46 bits per heavy atom. The van der Waals surface area contributed by atoms with Crippen LogP contribution in [0.4, 0.5) is 5.95 Å². The molecule has 1 aromatic rings. The molecule has 1 aliphatic heterocycles. The van der Waals surface area contributed by atoms with E-state index in [-0.39, 0.29) is 0 Å². The molecule has 4 nitrogen and oxygen atoms in total. The Hall–Kier alpha value is -1.03. The molecular weight excluding hydrogens is 164 g/mol. The van der Waals surface area contributed by atoms with Gasteiger partial charge in [0.25, 0.3) is 0 Å². The summed E-state index contributed by atoms with van der Waals surface area (Å²) in [4.78, 5) is 6.60. The van der Waals surface area contributed by atoms with Crippen molar-refractivity contribution in [3.8, 4) is 0 Å². The van der Waals surface area contributed by atoms with Crippen LogP contribution >= 0.6 is 0 Å². The Balaban J connectivity index is 2.13. The number of nitrogens with one attached hydrogen (secondary N) is 1. The van der Waals surface area contributed by atoms with Gasteiger partial charge in [0.1, 0.15) is 0 Å². The van der Waals surface area contributed by atoms with E-state index in [1.807, 2.05) is 12.4 Å². The highest BCUT2D eigenvalue weighted by atomic mass is 15.3. The van der Waals surface area contributed by atoms with E-state index in [0.29, 0.717) is 6.04 Å². The van der Waals surface area contributed by atoms with Gasteiger partial charge in [0, 0.05) is 39.1 Å². The molecule has 0 aliphatic carbocycles. The Kier molecular flexibility index (Phi) is 2.22. The number of hydrogen-bond donors (Lipinski definition) is 1. The van der Waals surface area contributed by atoms with Gasteiger partial charge in [-0.3, -0.25) is 0 Å². The SMILES string of the molecule is CCn1ccnc1N(C)C1CNC1. The third-order valence-electron chi connectivity index (χ3n) is 2.66. The van der Waals surface area contributed by atoms with Crippen LogP contribution in [0.25, 0.3) is 0 Å². The van der Waals surface area contributed by atoms with E-state index in [4.69, 9.17) is 0 Å². The van der Waals surface area contributed by atoms with Gasteiger partial charge in [0.05, 0.1) is 6.04 Å². The lowest BCUT2D eigenvalue weighted by Crippen LogP contribution is -2.56. The average molecular weight is 180 g/mol. The minimum absolute atomic E-state index is 0.618. The van der Waals surface area contributed by atoms with Crippen molar-refractivity contribution < 1.29 is 0 Å². The highest BCUT2D eigenvalue weighted by Gasteiger charge is 2.23. The molecule has 0 spiro atoms. The van der Waals surface area contributed by atoms with E-state index in [0.717, 1.165) is 25.6 Å². The summed E-state index contributed by atoms with van der Waals surface area (Å²) in [6, 6.07) is 0.618. The maximum atomic E-state index is 4.35. The fraction of sp³-hybridized carbons (Fsp3) is 0.667. The maximum absolute atomic E-state index is 4.35. The van der Waals surface area contributed by atoms with Crippen LogP contribution in [0.3, 0.4) is 0 Å². The van der Waals surface area contributed by atoms with Crippen LogP contribution in [0.2, 0.25) is 0 Å². The number of nitrogens with zero attached hydrogens (tertiary/aromatic N) is 3. The minimum Gasteiger partial charge on any atom is -0.340 e.